The summed E-state index contributed by atoms with van der Waals surface area (Å²) in [7, 11) is 4.55. The van der Waals surface area contributed by atoms with Crippen LogP contribution in [0.4, 0.5) is 0 Å². The molecule has 2 aromatic carbocycles. The van der Waals surface area contributed by atoms with Gasteiger partial charge >= 0.3 is 5.97 Å². The van der Waals surface area contributed by atoms with Gasteiger partial charge in [0.05, 0.1) is 21.3 Å². The van der Waals surface area contributed by atoms with Gasteiger partial charge in [0.15, 0.2) is 6.61 Å². The van der Waals surface area contributed by atoms with Crippen LogP contribution >= 0.6 is 0 Å². The van der Waals surface area contributed by atoms with E-state index in [1.165, 1.54) is 7.11 Å². The van der Waals surface area contributed by atoms with Crippen LogP contribution in [-0.4, -0.2) is 40.2 Å². The zero-order chi connectivity index (χ0) is 22.8. The molecule has 0 spiro atoms. The highest BCUT2D eigenvalue weighted by Crippen LogP contribution is 2.41. The summed E-state index contributed by atoms with van der Waals surface area (Å²) in [5.74, 6) is 1.79. The quantitative estimate of drug-likeness (QED) is 0.364. The van der Waals surface area contributed by atoms with Crippen LogP contribution in [0.2, 0.25) is 0 Å². The SMILES string of the molecule is COC(=O)COc1c(C(CC=O)c2ccc(OC)cc2)ccc(OC)c1CCC(C)C. The maximum Gasteiger partial charge on any atom is 0.343 e. The summed E-state index contributed by atoms with van der Waals surface area (Å²) in [5, 5.41) is 0. The molecule has 1 atom stereocenters. The van der Waals surface area contributed by atoms with E-state index in [1.807, 2.05) is 36.4 Å². The maximum absolute atomic E-state index is 11.8. The van der Waals surface area contributed by atoms with E-state index in [4.69, 9.17) is 18.9 Å². The van der Waals surface area contributed by atoms with Gasteiger partial charge in [0.1, 0.15) is 23.5 Å². The number of carbonyl (C=O) groups excluding carboxylic acids is 2. The highest BCUT2D eigenvalue weighted by atomic mass is 16.6. The summed E-state index contributed by atoms with van der Waals surface area (Å²) in [5.41, 5.74) is 2.68. The first-order chi connectivity index (χ1) is 14.9. The van der Waals surface area contributed by atoms with Crippen molar-refractivity contribution < 1.29 is 28.5 Å². The first-order valence-electron chi connectivity index (χ1n) is 10.4. The topological polar surface area (TPSA) is 71.1 Å². The molecule has 1 unspecified atom stereocenters. The lowest BCUT2D eigenvalue weighted by Gasteiger charge is -2.24. The Kier molecular flexibility index (Phi) is 9.38. The number of aldehydes is 1. The van der Waals surface area contributed by atoms with Crippen molar-refractivity contribution in [2.24, 2.45) is 5.92 Å². The molecule has 0 aliphatic rings. The van der Waals surface area contributed by atoms with Gasteiger partial charge < -0.3 is 23.7 Å². The van der Waals surface area contributed by atoms with E-state index in [1.54, 1.807) is 14.2 Å². The van der Waals surface area contributed by atoms with E-state index >= 15 is 0 Å². The molecule has 0 aromatic heterocycles. The molecular weight excluding hydrogens is 396 g/mol. The van der Waals surface area contributed by atoms with Crippen LogP contribution in [0.5, 0.6) is 17.2 Å². The minimum absolute atomic E-state index is 0.220. The summed E-state index contributed by atoms with van der Waals surface area (Å²) in [6.07, 6.45) is 2.82. The average Bonchev–Trinajstić information content (AvgIpc) is 2.79. The third-order valence-corrected chi connectivity index (χ3v) is 5.23. The molecule has 0 aliphatic carbocycles. The monoisotopic (exact) mass is 428 g/mol. The van der Waals surface area contributed by atoms with Crippen molar-refractivity contribution in [1.29, 1.82) is 0 Å². The minimum atomic E-state index is -0.472. The average molecular weight is 429 g/mol. The normalized spacial score (nSPS) is 11.7. The molecule has 0 saturated heterocycles. The lowest BCUT2D eigenvalue weighted by molar-refractivity contribution is -0.143. The fraction of sp³-hybridized carbons (Fsp3) is 0.440. The molecule has 2 aromatic rings. The van der Waals surface area contributed by atoms with Crippen LogP contribution in [0.3, 0.4) is 0 Å². The fourth-order valence-corrected chi connectivity index (χ4v) is 3.50. The molecule has 0 bridgehead atoms. The summed E-state index contributed by atoms with van der Waals surface area (Å²) in [4.78, 5) is 23.4. The Hall–Kier alpha value is -3.02. The molecule has 6 heteroatoms. The van der Waals surface area contributed by atoms with E-state index in [0.29, 0.717) is 17.4 Å². The largest absolute Gasteiger partial charge is 0.497 e. The van der Waals surface area contributed by atoms with E-state index in [2.05, 4.69) is 13.8 Å². The molecule has 0 aliphatic heterocycles. The van der Waals surface area contributed by atoms with Gasteiger partial charge in [0, 0.05) is 23.5 Å². The second-order valence-electron chi connectivity index (χ2n) is 7.69. The number of methoxy groups -OCH3 is 3. The van der Waals surface area contributed by atoms with Crippen molar-refractivity contribution >= 4 is 12.3 Å². The van der Waals surface area contributed by atoms with E-state index in [-0.39, 0.29) is 18.9 Å². The first-order valence-corrected chi connectivity index (χ1v) is 10.4. The predicted molar refractivity (Wildman–Crippen MR) is 119 cm³/mol. The van der Waals surface area contributed by atoms with Crippen molar-refractivity contribution in [2.75, 3.05) is 27.9 Å². The minimum Gasteiger partial charge on any atom is -0.497 e. The fourth-order valence-electron chi connectivity index (χ4n) is 3.50. The second-order valence-corrected chi connectivity index (χ2v) is 7.69. The van der Waals surface area contributed by atoms with E-state index in [0.717, 1.165) is 41.6 Å². The Balaban J connectivity index is 2.60. The van der Waals surface area contributed by atoms with Crippen LogP contribution < -0.4 is 14.2 Å². The molecule has 0 radical (unpaired) electrons. The zero-order valence-corrected chi connectivity index (χ0v) is 19.0. The Labute approximate surface area is 184 Å². The number of ether oxygens (including phenoxy) is 4. The van der Waals surface area contributed by atoms with Crippen LogP contribution in [0, 0.1) is 5.92 Å². The molecule has 168 valence electrons. The molecule has 0 amide bonds. The highest BCUT2D eigenvalue weighted by Gasteiger charge is 2.24. The first kappa shape index (κ1) is 24.3. The Morgan fingerprint density at radius 1 is 1.00 bits per heavy atom. The Morgan fingerprint density at radius 2 is 1.71 bits per heavy atom. The second kappa shape index (κ2) is 12.0. The number of carbonyl (C=O) groups is 2. The van der Waals surface area contributed by atoms with Gasteiger partial charge in [-0.3, -0.25) is 0 Å². The zero-order valence-electron chi connectivity index (χ0n) is 19.0. The van der Waals surface area contributed by atoms with Gasteiger partial charge in [-0.1, -0.05) is 32.0 Å². The predicted octanol–water partition coefficient (Wildman–Crippen LogP) is 4.57. The summed E-state index contributed by atoms with van der Waals surface area (Å²) in [6, 6.07) is 11.4. The highest BCUT2D eigenvalue weighted by molar-refractivity contribution is 5.71. The lowest BCUT2D eigenvalue weighted by Crippen LogP contribution is -2.16. The van der Waals surface area contributed by atoms with Gasteiger partial charge in [0.25, 0.3) is 0 Å². The third kappa shape index (κ3) is 6.48. The standard InChI is InChI=1S/C25H32O6/c1-17(2)6-11-22-23(29-4)13-12-21(25(22)31-16-24(27)30-5)20(14-15-26)18-7-9-19(28-3)10-8-18/h7-10,12-13,15,17,20H,6,11,14,16H2,1-5H3. The van der Waals surface area contributed by atoms with E-state index < -0.39 is 5.97 Å². The molecule has 0 fully saturated rings. The van der Waals surface area contributed by atoms with Crippen molar-refractivity contribution in [2.45, 2.75) is 39.0 Å². The number of benzene rings is 2. The molecule has 6 nitrogen and oxygen atoms in total. The van der Waals surface area contributed by atoms with Crippen molar-refractivity contribution in [3.63, 3.8) is 0 Å². The number of esters is 1. The van der Waals surface area contributed by atoms with Gasteiger partial charge in [-0.15, -0.1) is 0 Å². The maximum atomic E-state index is 11.8. The number of rotatable bonds is 12. The van der Waals surface area contributed by atoms with Crippen molar-refractivity contribution in [1.82, 2.24) is 0 Å². The Bertz CT molecular complexity index is 857. The van der Waals surface area contributed by atoms with Crippen molar-refractivity contribution in [3.05, 3.63) is 53.1 Å². The van der Waals surface area contributed by atoms with Crippen LogP contribution in [0.1, 0.15) is 49.3 Å². The molecule has 0 N–H and O–H groups in total. The lowest BCUT2D eigenvalue weighted by atomic mass is 9.86. The van der Waals surface area contributed by atoms with Gasteiger partial charge in [-0.2, -0.15) is 0 Å². The molecule has 0 saturated carbocycles. The third-order valence-electron chi connectivity index (χ3n) is 5.23. The van der Waals surface area contributed by atoms with Gasteiger partial charge in [-0.05, 0) is 42.5 Å². The van der Waals surface area contributed by atoms with Crippen molar-refractivity contribution in [3.8, 4) is 17.2 Å². The van der Waals surface area contributed by atoms with Crippen LogP contribution in [0.25, 0.3) is 0 Å². The molecule has 2 rings (SSSR count). The van der Waals surface area contributed by atoms with Gasteiger partial charge in [-0.25, -0.2) is 4.79 Å². The molecule has 31 heavy (non-hydrogen) atoms. The summed E-state index contributed by atoms with van der Waals surface area (Å²) in [6.45, 7) is 4.08. The Morgan fingerprint density at radius 3 is 2.26 bits per heavy atom. The smallest absolute Gasteiger partial charge is 0.343 e. The van der Waals surface area contributed by atoms with Gasteiger partial charge in [0.2, 0.25) is 0 Å². The number of hydrogen-bond donors (Lipinski definition) is 0. The van der Waals surface area contributed by atoms with Crippen LogP contribution in [-0.2, 0) is 20.7 Å². The summed E-state index contributed by atoms with van der Waals surface area (Å²) >= 11 is 0. The molecular formula is C25H32O6. The van der Waals surface area contributed by atoms with E-state index in [9.17, 15) is 9.59 Å². The summed E-state index contributed by atoms with van der Waals surface area (Å²) < 4.78 is 21.6. The number of hydrogen-bond acceptors (Lipinski definition) is 6. The van der Waals surface area contributed by atoms with Crippen LogP contribution in [0.15, 0.2) is 36.4 Å². The molecule has 0 heterocycles.